The van der Waals surface area contributed by atoms with Gasteiger partial charge in [0.15, 0.2) is 0 Å². The van der Waals surface area contributed by atoms with Crippen molar-refractivity contribution < 1.29 is 0 Å². The van der Waals surface area contributed by atoms with Crippen molar-refractivity contribution in [3.8, 4) is 0 Å². The number of hydrogen-bond donors (Lipinski definition) is 1. The first-order valence-electron chi connectivity index (χ1n) is 7.48. The zero-order valence-electron chi connectivity index (χ0n) is 12.5. The molecule has 0 bridgehead atoms. The molecule has 0 radical (unpaired) electrons. The average molecular weight is 305 g/mol. The number of nitrogens with zero attached hydrogens (tertiary/aromatic N) is 2. The molecule has 0 aliphatic heterocycles. The van der Waals surface area contributed by atoms with Crippen molar-refractivity contribution in [2.45, 2.75) is 32.2 Å². The summed E-state index contributed by atoms with van der Waals surface area (Å²) in [6.45, 7) is 1.64. The lowest BCUT2D eigenvalue weighted by atomic mass is 10.2. The maximum absolute atomic E-state index is 11.9. The highest BCUT2D eigenvalue weighted by Crippen LogP contribution is 2.04. The third-order valence-corrected chi connectivity index (χ3v) is 4.08. The number of nitrogens with one attached hydrogen (secondary N) is 1. The highest BCUT2D eigenvalue weighted by Gasteiger charge is 2.01. The third kappa shape index (κ3) is 5.17. The van der Waals surface area contributed by atoms with Crippen molar-refractivity contribution in [2.75, 3.05) is 18.6 Å². The molecule has 114 valence electrons. The Morgan fingerprint density at radius 2 is 2.10 bits per heavy atom. The lowest BCUT2D eigenvalue weighted by Gasteiger charge is -2.06. The molecule has 4 nitrogen and oxygen atoms in total. The quantitative estimate of drug-likeness (QED) is 0.724. The first kappa shape index (κ1) is 16.0. The maximum Gasteiger partial charge on any atom is 0.258 e. The predicted octanol–water partition coefficient (Wildman–Crippen LogP) is 2.71. The van der Waals surface area contributed by atoms with Crippen LogP contribution in [0.25, 0.3) is 5.65 Å². The van der Waals surface area contributed by atoms with Gasteiger partial charge in [-0.25, -0.2) is 4.98 Å². The Labute approximate surface area is 130 Å². The fourth-order valence-electron chi connectivity index (χ4n) is 2.26. The predicted molar refractivity (Wildman–Crippen MR) is 90.0 cm³/mol. The summed E-state index contributed by atoms with van der Waals surface area (Å²) in [5, 5.41) is 3.37. The topological polar surface area (TPSA) is 46.4 Å². The highest BCUT2D eigenvalue weighted by molar-refractivity contribution is 7.98. The van der Waals surface area contributed by atoms with E-state index < -0.39 is 0 Å². The van der Waals surface area contributed by atoms with Crippen LogP contribution in [0.4, 0.5) is 0 Å². The molecule has 21 heavy (non-hydrogen) atoms. The van der Waals surface area contributed by atoms with Gasteiger partial charge in [-0.2, -0.15) is 11.8 Å². The van der Waals surface area contributed by atoms with Gasteiger partial charge in [0.25, 0.3) is 5.56 Å². The molecule has 2 aromatic rings. The van der Waals surface area contributed by atoms with Crippen molar-refractivity contribution in [3.63, 3.8) is 0 Å². The molecule has 0 amide bonds. The van der Waals surface area contributed by atoms with Crippen LogP contribution in [0, 0.1) is 0 Å². The van der Waals surface area contributed by atoms with Crippen molar-refractivity contribution >= 4 is 17.4 Å². The van der Waals surface area contributed by atoms with Crippen LogP contribution in [0.2, 0.25) is 0 Å². The van der Waals surface area contributed by atoms with E-state index in [4.69, 9.17) is 0 Å². The van der Waals surface area contributed by atoms with E-state index >= 15 is 0 Å². The fourth-order valence-corrected chi connectivity index (χ4v) is 2.75. The molecule has 0 saturated heterocycles. The van der Waals surface area contributed by atoms with E-state index in [-0.39, 0.29) is 5.56 Å². The van der Waals surface area contributed by atoms with E-state index in [1.807, 2.05) is 30.0 Å². The lowest BCUT2D eigenvalue weighted by molar-refractivity contribution is 0.594. The Morgan fingerprint density at radius 1 is 1.24 bits per heavy atom. The number of fused-ring (bicyclic) bond motifs is 1. The second kappa shape index (κ2) is 8.85. The second-order valence-corrected chi connectivity index (χ2v) is 6.08. The number of unbranched alkanes of at least 4 members (excludes halogenated alkanes) is 3. The molecule has 2 aromatic heterocycles. The molecule has 5 heteroatoms. The monoisotopic (exact) mass is 305 g/mol. The molecule has 2 rings (SSSR count). The Morgan fingerprint density at radius 3 is 2.95 bits per heavy atom. The molecule has 0 aliphatic rings. The zero-order chi connectivity index (χ0) is 14.9. The Bertz CT molecular complexity index is 612. The summed E-state index contributed by atoms with van der Waals surface area (Å²) in [4.78, 5) is 16.4. The molecule has 0 fully saturated rings. The standard InChI is InChI=1S/C16H23N3OS/c1-21-11-7-3-2-5-9-17-13-14-12-16(20)19-10-6-4-8-15(19)18-14/h4,6,8,10,12,17H,2-3,5,7,9,11,13H2,1H3. The first-order valence-corrected chi connectivity index (χ1v) is 8.87. The SMILES string of the molecule is CSCCCCCCNCc1cc(=O)n2ccccc2n1. The van der Waals surface area contributed by atoms with Crippen LogP contribution >= 0.6 is 11.8 Å². The van der Waals surface area contributed by atoms with Crippen LogP contribution in [0.15, 0.2) is 35.3 Å². The highest BCUT2D eigenvalue weighted by atomic mass is 32.2. The van der Waals surface area contributed by atoms with E-state index in [0.717, 1.165) is 12.2 Å². The van der Waals surface area contributed by atoms with Crippen LogP contribution in [0.3, 0.4) is 0 Å². The fraction of sp³-hybridized carbons (Fsp3) is 0.500. The summed E-state index contributed by atoms with van der Waals surface area (Å²) in [5.41, 5.74) is 1.50. The van der Waals surface area contributed by atoms with E-state index in [1.54, 1.807) is 16.7 Å². The minimum Gasteiger partial charge on any atom is -0.311 e. The Hall–Kier alpha value is -1.33. The van der Waals surface area contributed by atoms with E-state index in [9.17, 15) is 4.79 Å². The van der Waals surface area contributed by atoms with Crippen LogP contribution < -0.4 is 10.9 Å². The molecule has 1 N–H and O–H groups in total. The lowest BCUT2D eigenvalue weighted by Crippen LogP contribution is -2.20. The number of hydrogen-bond acceptors (Lipinski definition) is 4. The molecule has 0 aliphatic carbocycles. The smallest absolute Gasteiger partial charge is 0.258 e. The molecule has 0 saturated carbocycles. The number of aromatic nitrogens is 2. The molecular weight excluding hydrogens is 282 g/mol. The van der Waals surface area contributed by atoms with E-state index in [2.05, 4.69) is 16.6 Å². The summed E-state index contributed by atoms with van der Waals surface area (Å²) in [5.74, 6) is 1.26. The largest absolute Gasteiger partial charge is 0.311 e. The van der Waals surface area contributed by atoms with Gasteiger partial charge in [0.2, 0.25) is 0 Å². The normalized spacial score (nSPS) is 11.1. The molecule has 0 atom stereocenters. The summed E-state index contributed by atoms with van der Waals surface area (Å²) in [7, 11) is 0. The molecule has 0 aromatic carbocycles. The summed E-state index contributed by atoms with van der Waals surface area (Å²) in [6.07, 6.45) is 8.96. The average Bonchev–Trinajstić information content (AvgIpc) is 2.50. The number of rotatable bonds is 9. The van der Waals surface area contributed by atoms with Crippen LogP contribution in [-0.4, -0.2) is 27.9 Å². The second-order valence-electron chi connectivity index (χ2n) is 5.10. The zero-order valence-corrected chi connectivity index (χ0v) is 13.4. The van der Waals surface area contributed by atoms with E-state index in [0.29, 0.717) is 12.2 Å². The molecular formula is C16H23N3OS. The minimum atomic E-state index is -0.0190. The van der Waals surface area contributed by atoms with E-state index in [1.165, 1.54) is 31.4 Å². The van der Waals surface area contributed by atoms with Gasteiger partial charge in [0, 0.05) is 18.8 Å². The summed E-state index contributed by atoms with van der Waals surface area (Å²) >= 11 is 1.91. The van der Waals surface area contributed by atoms with Crippen molar-refractivity contribution in [1.29, 1.82) is 0 Å². The number of thioether (sulfide) groups is 1. The maximum atomic E-state index is 11.9. The Balaban J connectivity index is 1.75. The number of pyridine rings is 1. The van der Waals surface area contributed by atoms with Gasteiger partial charge in [-0.3, -0.25) is 9.20 Å². The summed E-state index contributed by atoms with van der Waals surface area (Å²) in [6, 6.07) is 7.20. The third-order valence-electron chi connectivity index (χ3n) is 3.38. The minimum absolute atomic E-state index is 0.0190. The van der Waals surface area contributed by atoms with Crippen LogP contribution in [-0.2, 0) is 6.54 Å². The van der Waals surface area contributed by atoms with Crippen molar-refractivity contribution in [3.05, 3.63) is 46.5 Å². The summed E-state index contributed by atoms with van der Waals surface area (Å²) < 4.78 is 1.56. The van der Waals surface area contributed by atoms with Crippen molar-refractivity contribution in [1.82, 2.24) is 14.7 Å². The Kier molecular flexibility index (Phi) is 6.76. The van der Waals surface area contributed by atoms with Gasteiger partial charge >= 0.3 is 0 Å². The van der Waals surface area contributed by atoms with Crippen LogP contribution in [0.1, 0.15) is 31.4 Å². The van der Waals surface area contributed by atoms with Gasteiger partial charge in [0.1, 0.15) is 5.65 Å². The molecule has 0 unspecified atom stereocenters. The van der Waals surface area contributed by atoms with Gasteiger partial charge in [-0.1, -0.05) is 18.9 Å². The molecule has 0 spiro atoms. The van der Waals surface area contributed by atoms with Gasteiger partial charge in [-0.05, 0) is 43.5 Å². The van der Waals surface area contributed by atoms with Gasteiger partial charge in [-0.15, -0.1) is 0 Å². The molecule has 2 heterocycles. The van der Waals surface area contributed by atoms with Crippen LogP contribution in [0.5, 0.6) is 0 Å². The van der Waals surface area contributed by atoms with Gasteiger partial charge in [0.05, 0.1) is 5.69 Å². The first-order chi connectivity index (χ1) is 10.3. The van der Waals surface area contributed by atoms with Gasteiger partial charge < -0.3 is 5.32 Å². The van der Waals surface area contributed by atoms with Crippen molar-refractivity contribution in [2.24, 2.45) is 0 Å².